The molecule has 4 rings (SSSR count). The highest BCUT2D eigenvalue weighted by atomic mass is 32.2. The van der Waals surface area contributed by atoms with E-state index in [1.807, 2.05) is 37.4 Å². The minimum absolute atomic E-state index is 0.221. The fourth-order valence-electron chi connectivity index (χ4n) is 3.76. The van der Waals surface area contributed by atoms with Gasteiger partial charge in [-0.25, -0.2) is 9.59 Å². The fraction of sp³-hybridized carbons (Fsp3) is 0.300. The molecule has 2 amide bonds. The lowest BCUT2D eigenvalue weighted by Crippen LogP contribution is -2.65. The van der Waals surface area contributed by atoms with Crippen molar-refractivity contribution in [2.45, 2.75) is 30.0 Å². The summed E-state index contributed by atoms with van der Waals surface area (Å²) in [7, 11) is 1.35. The van der Waals surface area contributed by atoms with E-state index in [1.165, 1.54) is 7.11 Å². The van der Waals surface area contributed by atoms with Crippen LogP contribution in [0.1, 0.15) is 35.3 Å². The molecule has 140 valence electrons. The molecule has 27 heavy (non-hydrogen) atoms. The molecule has 0 unspecified atom stereocenters. The molecular weight excluding hydrogens is 364 g/mol. The predicted octanol–water partition coefficient (Wildman–Crippen LogP) is 3.96. The Morgan fingerprint density at radius 3 is 2.89 bits per heavy atom. The Hall–Kier alpha value is -2.67. The van der Waals surface area contributed by atoms with Crippen LogP contribution in [0.5, 0.6) is 5.75 Å². The number of hydrogen-bond donors (Lipinski definition) is 1. The molecular formula is C20H20N2O4S. The second kappa shape index (κ2) is 6.49. The first-order valence-corrected chi connectivity index (χ1v) is 9.84. The maximum absolute atomic E-state index is 12.9. The lowest BCUT2D eigenvalue weighted by Gasteiger charge is -2.50. The van der Waals surface area contributed by atoms with Crippen molar-refractivity contribution in [1.82, 2.24) is 5.32 Å². The van der Waals surface area contributed by atoms with E-state index in [4.69, 9.17) is 9.47 Å². The van der Waals surface area contributed by atoms with E-state index in [0.717, 1.165) is 16.1 Å². The first kappa shape index (κ1) is 17.7. The average molecular weight is 384 g/mol. The van der Waals surface area contributed by atoms with Crippen LogP contribution >= 0.6 is 11.8 Å². The largest absolute Gasteiger partial charge is 0.467 e. The van der Waals surface area contributed by atoms with E-state index in [2.05, 4.69) is 5.32 Å². The Morgan fingerprint density at radius 2 is 2.15 bits per heavy atom. The maximum atomic E-state index is 12.9. The zero-order chi connectivity index (χ0) is 19.2. The first-order chi connectivity index (χ1) is 12.9. The van der Waals surface area contributed by atoms with E-state index >= 15 is 0 Å². The molecule has 6 nitrogen and oxygen atoms in total. The van der Waals surface area contributed by atoms with Gasteiger partial charge in [-0.2, -0.15) is 0 Å². The number of benzene rings is 2. The number of amides is 2. The summed E-state index contributed by atoms with van der Waals surface area (Å²) in [5.41, 5.74) is 1.20. The highest BCUT2D eigenvalue weighted by Gasteiger charge is 2.50. The van der Waals surface area contributed by atoms with Crippen LogP contribution in [0, 0.1) is 0 Å². The van der Waals surface area contributed by atoms with Crippen molar-refractivity contribution >= 4 is 29.4 Å². The van der Waals surface area contributed by atoms with E-state index in [9.17, 15) is 9.59 Å². The van der Waals surface area contributed by atoms with Gasteiger partial charge in [-0.05, 0) is 49.6 Å². The van der Waals surface area contributed by atoms with Gasteiger partial charge in [0.25, 0.3) is 0 Å². The summed E-state index contributed by atoms with van der Waals surface area (Å²) in [5, 5.41) is 3.05. The van der Waals surface area contributed by atoms with Crippen LogP contribution in [0.2, 0.25) is 0 Å². The first-order valence-electron chi connectivity index (χ1n) is 8.61. The highest BCUT2D eigenvalue weighted by Crippen LogP contribution is 2.46. The number of urea groups is 1. The Morgan fingerprint density at radius 1 is 1.33 bits per heavy atom. The number of ether oxygens (including phenoxy) is 2. The standard InChI is InChI=1S/C20H20N2O4S/c1-20-11-16(15-9-12(18(23)25-2)7-8-17(15)26-20)21-19(24)22(20)13-5-4-6-14(10-13)27-3/h4-10,16H,11H2,1-3H3,(H,21,24)/t16-,20-/m1/s1. The molecule has 2 bridgehead atoms. The van der Waals surface area contributed by atoms with Crippen LogP contribution in [0.25, 0.3) is 0 Å². The van der Waals surface area contributed by atoms with Crippen LogP contribution in [0.15, 0.2) is 47.4 Å². The number of anilines is 1. The zero-order valence-corrected chi connectivity index (χ0v) is 16.1. The van der Waals surface area contributed by atoms with E-state index in [-0.39, 0.29) is 12.1 Å². The Balaban J connectivity index is 1.75. The highest BCUT2D eigenvalue weighted by molar-refractivity contribution is 7.98. The summed E-state index contributed by atoms with van der Waals surface area (Å²) in [6.07, 6.45) is 2.57. The third kappa shape index (κ3) is 2.92. The molecule has 0 spiro atoms. The molecule has 0 radical (unpaired) electrons. The number of carbonyl (C=O) groups excluding carboxylic acids is 2. The number of carbonyl (C=O) groups is 2. The van der Waals surface area contributed by atoms with Gasteiger partial charge >= 0.3 is 12.0 Å². The van der Waals surface area contributed by atoms with Gasteiger partial charge in [0, 0.05) is 16.9 Å². The van der Waals surface area contributed by atoms with Crippen molar-refractivity contribution < 1.29 is 19.1 Å². The monoisotopic (exact) mass is 384 g/mol. The smallest absolute Gasteiger partial charge is 0.337 e. The summed E-state index contributed by atoms with van der Waals surface area (Å²) < 4.78 is 11.1. The lowest BCUT2D eigenvalue weighted by molar-refractivity contribution is 0.0377. The summed E-state index contributed by atoms with van der Waals surface area (Å²) >= 11 is 1.62. The van der Waals surface area contributed by atoms with Gasteiger partial charge in [-0.1, -0.05) is 6.07 Å². The Kier molecular flexibility index (Phi) is 4.26. The Labute approximate surface area is 161 Å². The number of nitrogens with zero attached hydrogens (tertiary/aromatic N) is 1. The molecule has 0 saturated carbocycles. The molecule has 2 aromatic carbocycles. The third-order valence-electron chi connectivity index (χ3n) is 5.00. The minimum Gasteiger partial charge on any atom is -0.467 e. The van der Waals surface area contributed by atoms with Crippen molar-refractivity contribution in [3.63, 3.8) is 0 Å². The molecule has 2 aliphatic heterocycles. The van der Waals surface area contributed by atoms with Crippen LogP contribution in [0.4, 0.5) is 10.5 Å². The number of rotatable bonds is 3. The molecule has 1 N–H and O–H groups in total. The van der Waals surface area contributed by atoms with Gasteiger partial charge in [-0.15, -0.1) is 11.8 Å². The second-order valence-electron chi connectivity index (χ2n) is 6.76. The van der Waals surface area contributed by atoms with Crippen LogP contribution in [0.3, 0.4) is 0 Å². The van der Waals surface area contributed by atoms with Crippen LogP contribution < -0.4 is 15.0 Å². The van der Waals surface area contributed by atoms with Crippen molar-refractivity contribution in [2.75, 3.05) is 18.3 Å². The molecule has 0 aromatic heterocycles. The molecule has 1 saturated heterocycles. The van der Waals surface area contributed by atoms with Crippen molar-refractivity contribution in [2.24, 2.45) is 0 Å². The van der Waals surface area contributed by atoms with Gasteiger partial charge in [0.15, 0.2) is 5.72 Å². The van der Waals surface area contributed by atoms with Gasteiger partial charge in [0.2, 0.25) is 0 Å². The van der Waals surface area contributed by atoms with Gasteiger partial charge < -0.3 is 14.8 Å². The number of thioether (sulfide) groups is 1. The van der Waals surface area contributed by atoms with Crippen LogP contribution in [-0.4, -0.2) is 31.1 Å². The quantitative estimate of drug-likeness (QED) is 0.641. The lowest BCUT2D eigenvalue weighted by atomic mass is 9.89. The predicted molar refractivity (Wildman–Crippen MR) is 103 cm³/mol. The number of hydrogen-bond acceptors (Lipinski definition) is 5. The molecule has 0 aliphatic carbocycles. The zero-order valence-electron chi connectivity index (χ0n) is 15.3. The average Bonchev–Trinajstić information content (AvgIpc) is 2.66. The Bertz CT molecular complexity index is 932. The molecule has 2 heterocycles. The summed E-state index contributed by atoms with van der Waals surface area (Å²) in [5.74, 6) is 0.246. The molecule has 7 heteroatoms. The van der Waals surface area contributed by atoms with Crippen molar-refractivity contribution in [1.29, 1.82) is 0 Å². The van der Waals surface area contributed by atoms with E-state index < -0.39 is 11.7 Å². The number of nitrogens with one attached hydrogen (secondary N) is 1. The van der Waals surface area contributed by atoms with E-state index in [1.54, 1.807) is 34.9 Å². The third-order valence-corrected chi connectivity index (χ3v) is 5.73. The SMILES string of the molecule is COC(=O)c1ccc2c(c1)[C@H]1C[C@@](C)(O2)N(c2cccc(SC)c2)C(=O)N1. The number of fused-ring (bicyclic) bond motifs is 4. The van der Waals surface area contributed by atoms with Gasteiger partial charge in [0.05, 0.1) is 24.4 Å². The van der Waals surface area contributed by atoms with E-state index in [0.29, 0.717) is 17.7 Å². The van der Waals surface area contributed by atoms with Crippen molar-refractivity contribution in [3.05, 3.63) is 53.6 Å². The number of methoxy groups -OCH3 is 1. The number of esters is 1. The maximum Gasteiger partial charge on any atom is 0.337 e. The normalized spacial score (nSPS) is 23.1. The fourth-order valence-corrected chi connectivity index (χ4v) is 4.21. The molecule has 2 aliphatic rings. The minimum atomic E-state index is -0.816. The summed E-state index contributed by atoms with van der Waals surface area (Å²) in [4.78, 5) is 27.5. The topological polar surface area (TPSA) is 67.9 Å². The van der Waals surface area contributed by atoms with Crippen molar-refractivity contribution in [3.8, 4) is 5.75 Å². The molecule has 1 fully saturated rings. The summed E-state index contributed by atoms with van der Waals surface area (Å²) in [6.45, 7) is 1.92. The van der Waals surface area contributed by atoms with Gasteiger partial charge in [-0.3, -0.25) is 4.90 Å². The molecule has 2 atom stereocenters. The second-order valence-corrected chi connectivity index (χ2v) is 7.64. The molecule has 2 aromatic rings. The summed E-state index contributed by atoms with van der Waals surface area (Å²) in [6, 6.07) is 12.6. The van der Waals surface area contributed by atoms with Gasteiger partial charge in [0.1, 0.15) is 5.75 Å². The van der Waals surface area contributed by atoms with Crippen LogP contribution in [-0.2, 0) is 4.74 Å².